The zero-order chi connectivity index (χ0) is 19.3. The van der Waals surface area contributed by atoms with Crippen molar-refractivity contribution in [3.8, 4) is 5.75 Å². The zero-order valence-electron chi connectivity index (χ0n) is 15.5. The highest BCUT2D eigenvalue weighted by atomic mass is 16.5. The molecular formula is C21H25N3O3. The number of carbonyl (C=O) groups excluding carboxylic acids is 2. The van der Waals surface area contributed by atoms with Crippen molar-refractivity contribution >= 4 is 18.0 Å². The van der Waals surface area contributed by atoms with Gasteiger partial charge >= 0.3 is 0 Å². The summed E-state index contributed by atoms with van der Waals surface area (Å²) in [5.41, 5.74) is 4.06. The molecule has 2 N–H and O–H groups in total. The maximum atomic E-state index is 11.9. The highest BCUT2D eigenvalue weighted by Crippen LogP contribution is 2.09. The van der Waals surface area contributed by atoms with Crippen LogP contribution in [0.1, 0.15) is 41.6 Å². The second kappa shape index (κ2) is 11.5. The molecule has 0 radical (unpaired) electrons. The molecule has 0 fully saturated rings. The van der Waals surface area contributed by atoms with Crippen molar-refractivity contribution in [2.45, 2.75) is 25.7 Å². The first kappa shape index (κ1) is 20.2. The summed E-state index contributed by atoms with van der Waals surface area (Å²) in [6.07, 6.45) is 4.46. The number of ether oxygens (including phenoxy) is 1. The molecule has 2 amide bonds. The van der Waals surface area contributed by atoms with Crippen molar-refractivity contribution in [2.75, 3.05) is 13.7 Å². The van der Waals surface area contributed by atoms with Crippen molar-refractivity contribution in [1.82, 2.24) is 10.7 Å². The summed E-state index contributed by atoms with van der Waals surface area (Å²) in [4.78, 5) is 23.6. The topological polar surface area (TPSA) is 79.8 Å². The van der Waals surface area contributed by atoms with E-state index in [1.54, 1.807) is 25.5 Å². The molecule has 27 heavy (non-hydrogen) atoms. The standard InChI is InChI=1S/C21H25N3O3/c1-27-19-13-11-17(12-14-19)16-23-24-20(25)10-6-3-7-15-22-21(26)18-8-4-2-5-9-18/h2,4-5,8-9,11-14,16H,3,6-7,10,15H2,1H3,(H,22,26)(H,24,25)/b23-16-. The largest absolute Gasteiger partial charge is 0.497 e. The van der Waals surface area contributed by atoms with E-state index in [4.69, 9.17) is 4.74 Å². The number of nitrogens with zero attached hydrogens (tertiary/aromatic N) is 1. The quantitative estimate of drug-likeness (QED) is 0.385. The third-order valence-electron chi connectivity index (χ3n) is 3.92. The lowest BCUT2D eigenvalue weighted by Gasteiger charge is -2.05. The van der Waals surface area contributed by atoms with Gasteiger partial charge in [-0.05, 0) is 54.8 Å². The molecule has 0 aliphatic carbocycles. The van der Waals surface area contributed by atoms with Gasteiger partial charge in [-0.15, -0.1) is 0 Å². The summed E-state index contributed by atoms with van der Waals surface area (Å²) in [6, 6.07) is 16.5. The number of nitrogens with one attached hydrogen (secondary N) is 2. The minimum absolute atomic E-state index is 0.0683. The molecule has 2 aromatic carbocycles. The maximum Gasteiger partial charge on any atom is 0.251 e. The van der Waals surface area contributed by atoms with Gasteiger partial charge in [0.05, 0.1) is 13.3 Å². The Labute approximate surface area is 159 Å². The van der Waals surface area contributed by atoms with E-state index in [1.165, 1.54) is 0 Å². The lowest BCUT2D eigenvalue weighted by molar-refractivity contribution is -0.121. The highest BCUT2D eigenvalue weighted by Gasteiger charge is 2.03. The van der Waals surface area contributed by atoms with E-state index >= 15 is 0 Å². The number of hydrogen-bond acceptors (Lipinski definition) is 4. The van der Waals surface area contributed by atoms with Crippen LogP contribution < -0.4 is 15.5 Å². The number of benzene rings is 2. The van der Waals surface area contributed by atoms with Gasteiger partial charge in [-0.1, -0.05) is 24.6 Å². The average Bonchev–Trinajstić information content (AvgIpc) is 2.71. The molecule has 0 aliphatic heterocycles. The number of amides is 2. The van der Waals surface area contributed by atoms with Gasteiger partial charge in [0.25, 0.3) is 5.91 Å². The van der Waals surface area contributed by atoms with E-state index in [2.05, 4.69) is 15.8 Å². The first-order valence-corrected chi connectivity index (χ1v) is 8.98. The van der Waals surface area contributed by atoms with Gasteiger partial charge in [-0.25, -0.2) is 5.43 Å². The van der Waals surface area contributed by atoms with Crippen LogP contribution in [0.2, 0.25) is 0 Å². The first-order valence-electron chi connectivity index (χ1n) is 8.98. The molecule has 2 rings (SSSR count). The molecule has 2 aromatic rings. The molecule has 0 aliphatic rings. The third kappa shape index (κ3) is 7.73. The molecule has 0 saturated carbocycles. The van der Waals surface area contributed by atoms with Crippen LogP contribution in [-0.4, -0.2) is 31.7 Å². The molecule has 6 nitrogen and oxygen atoms in total. The van der Waals surface area contributed by atoms with Gasteiger partial charge in [-0.3, -0.25) is 9.59 Å². The number of rotatable bonds is 10. The van der Waals surface area contributed by atoms with Crippen LogP contribution in [-0.2, 0) is 4.79 Å². The molecule has 0 aromatic heterocycles. The van der Waals surface area contributed by atoms with Crippen LogP contribution >= 0.6 is 0 Å². The number of unbranched alkanes of at least 4 members (excludes halogenated alkanes) is 2. The van der Waals surface area contributed by atoms with Gasteiger partial charge < -0.3 is 10.1 Å². The summed E-state index contributed by atoms with van der Waals surface area (Å²) >= 11 is 0. The van der Waals surface area contributed by atoms with E-state index in [1.807, 2.05) is 42.5 Å². The summed E-state index contributed by atoms with van der Waals surface area (Å²) in [6.45, 7) is 0.602. The summed E-state index contributed by atoms with van der Waals surface area (Å²) in [7, 11) is 1.61. The van der Waals surface area contributed by atoms with E-state index in [-0.39, 0.29) is 11.8 Å². The van der Waals surface area contributed by atoms with Gasteiger partial charge in [0, 0.05) is 18.5 Å². The van der Waals surface area contributed by atoms with E-state index in [0.29, 0.717) is 18.5 Å². The minimum Gasteiger partial charge on any atom is -0.497 e. The number of hydrogen-bond donors (Lipinski definition) is 2. The van der Waals surface area contributed by atoms with E-state index in [9.17, 15) is 9.59 Å². The van der Waals surface area contributed by atoms with Gasteiger partial charge in [0.15, 0.2) is 0 Å². The number of carbonyl (C=O) groups is 2. The first-order chi connectivity index (χ1) is 13.2. The summed E-state index contributed by atoms with van der Waals surface area (Å²) < 4.78 is 5.08. The molecule has 142 valence electrons. The maximum absolute atomic E-state index is 11.9. The molecular weight excluding hydrogens is 342 g/mol. The number of methoxy groups -OCH3 is 1. The van der Waals surface area contributed by atoms with Gasteiger partial charge in [0.1, 0.15) is 5.75 Å². The fourth-order valence-electron chi connectivity index (χ4n) is 2.41. The van der Waals surface area contributed by atoms with Crippen LogP contribution in [0.3, 0.4) is 0 Å². The molecule has 6 heteroatoms. The van der Waals surface area contributed by atoms with Crippen LogP contribution in [0, 0.1) is 0 Å². The zero-order valence-corrected chi connectivity index (χ0v) is 15.5. The SMILES string of the molecule is COc1ccc(/C=N\NC(=O)CCCCCNC(=O)c2ccccc2)cc1. The number of hydrazone groups is 1. The molecule has 0 spiro atoms. The van der Waals surface area contributed by atoms with E-state index < -0.39 is 0 Å². The normalized spacial score (nSPS) is 10.6. The fraction of sp³-hybridized carbons (Fsp3) is 0.286. The van der Waals surface area contributed by atoms with Crippen LogP contribution in [0.15, 0.2) is 59.7 Å². The highest BCUT2D eigenvalue weighted by molar-refractivity contribution is 5.94. The van der Waals surface area contributed by atoms with Crippen LogP contribution in [0.25, 0.3) is 0 Å². The lowest BCUT2D eigenvalue weighted by Crippen LogP contribution is -2.24. The summed E-state index contributed by atoms with van der Waals surface area (Å²) in [5, 5.41) is 6.82. The monoisotopic (exact) mass is 367 g/mol. The second-order valence-electron chi connectivity index (χ2n) is 6.00. The predicted octanol–water partition coefficient (Wildman–Crippen LogP) is 3.14. The Hall–Kier alpha value is -3.15. The minimum atomic E-state index is -0.118. The Bertz CT molecular complexity index is 743. The molecule has 0 bridgehead atoms. The Kier molecular flexibility index (Phi) is 8.56. The predicted molar refractivity (Wildman–Crippen MR) is 106 cm³/mol. The van der Waals surface area contributed by atoms with Gasteiger partial charge in [0.2, 0.25) is 5.91 Å². The lowest BCUT2D eigenvalue weighted by atomic mass is 10.2. The van der Waals surface area contributed by atoms with Gasteiger partial charge in [-0.2, -0.15) is 5.10 Å². The molecule has 0 saturated heterocycles. The Morgan fingerprint density at radius 3 is 2.44 bits per heavy atom. The van der Waals surface area contributed by atoms with Crippen molar-refractivity contribution in [2.24, 2.45) is 5.10 Å². The average molecular weight is 367 g/mol. The third-order valence-corrected chi connectivity index (χ3v) is 3.92. The smallest absolute Gasteiger partial charge is 0.251 e. The second-order valence-corrected chi connectivity index (χ2v) is 6.00. The van der Waals surface area contributed by atoms with Crippen LogP contribution in [0.4, 0.5) is 0 Å². The molecule has 0 heterocycles. The Balaban J connectivity index is 1.54. The van der Waals surface area contributed by atoms with Crippen molar-refractivity contribution in [3.63, 3.8) is 0 Å². The van der Waals surface area contributed by atoms with Crippen LogP contribution in [0.5, 0.6) is 5.75 Å². The molecule has 0 unspecified atom stereocenters. The molecule has 0 atom stereocenters. The van der Waals surface area contributed by atoms with Crippen molar-refractivity contribution in [3.05, 3.63) is 65.7 Å². The van der Waals surface area contributed by atoms with Crippen molar-refractivity contribution in [1.29, 1.82) is 0 Å². The Morgan fingerprint density at radius 1 is 1.00 bits per heavy atom. The van der Waals surface area contributed by atoms with E-state index in [0.717, 1.165) is 30.6 Å². The Morgan fingerprint density at radius 2 is 1.74 bits per heavy atom. The summed E-state index contributed by atoms with van der Waals surface area (Å²) in [5.74, 6) is 0.588. The van der Waals surface area contributed by atoms with Crippen molar-refractivity contribution < 1.29 is 14.3 Å². The fourth-order valence-corrected chi connectivity index (χ4v) is 2.41.